The van der Waals surface area contributed by atoms with Gasteiger partial charge in [-0.15, -0.1) is 0 Å². The number of carbonyl (C=O) groups is 1. The molecule has 1 aromatic carbocycles. The number of likely N-dealkylation sites (tertiary alicyclic amines) is 1. The molecule has 2 atom stereocenters. The highest BCUT2D eigenvalue weighted by atomic mass is 19.4. The second-order valence-corrected chi connectivity index (χ2v) is 10.8. The summed E-state index contributed by atoms with van der Waals surface area (Å²) in [5.74, 6) is 5.21. The van der Waals surface area contributed by atoms with E-state index in [9.17, 15) is 22.4 Å². The van der Waals surface area contributed by atoms with Crippen molar-refractivity contribution in [1.29, 1.82) is 0 Å². The van der Waals surface area contributed by atoms with Gasteiger partial charge in [0.2, 0.25) is 0 Å². The van der Waals surface area contributed by atoms with Crippen molar-refractivity contribution in [3.8, 4) is 11.8 Å². The number of anilines is 2. The van der Waals surface area contributed by atoms with Crippen LogP contribution in [0.3, 0.4) is 0 Å². The predicted molar refractivity (Wildman–Crippen MR) is 143 cm³/mol. The van der Waals surface area contributed by atoms with Crippen LogP contribution < -0.4 is 16.4 Å². The largest absolute Gasteiger partial charge is 0.406 e. The monoisotopic (exact) mass is 547 g/mol. The Bertz CT molecular complexity index is 1410. The number of benzene rings is 1. The van der Waals surface area contributed by atoms with E-state index in [1.165, 1.54) is 10.9 Å². The van der Waals surface area contributed by atoms with Crippen molar-refractivity contribution in [2.24, 2.45) is 0 Å². The molecular formula is C27H33F4N7O. The first-order valence-electron chi connectivity index (χ1n) is 12.6. The molecule has 3 heterocycles. The summed E-state index contributed by atoms with van der Waals surface area (Å²) < 4.78 is 57.7. The fourth-order valence-electron chi connectivity index (χ4n) is 4.70. The van der Waals surface area contributed by atoms with Gasteiger partial charge in [-0.25, -0.2) is 9.07 Å². The fraction of sp³-hybridized carbons (Fsp3) is 0.481. The number of nitrogens with one attached hydrogen (secondary N) is 2. The second-order valence-electron chi connectivity index (χ2n) is 10.8. The second kappa shape index (κ2) is 10.8. The van der Waals surface area contributed by atoms with Gasteiger partial charge >= 0.3 is 6.18 Å². The number of nitrogen functional groups attached to an aromatic ring is 1. The normalized spacial score (nSPS) is 18.6. The van der Waals surface area contributed by atoms with E-state index < -0.39 is 36.4 Å². The average molecular weight is 548 g/mol. The molecule has 3 aromatic rings. The Morgan fingerprint density at radius 1 is 1.26 bits per heavy atom. The van der Waals surface area contributed by atoms with Crippen LogP contribution in [0, 0.1) is 11.8 Å². The van der Waals surface area contributed by atoms with E-state index in [1.807, 2.05) is 32.7 Å². The van der Waals surface area contributed by atoms with Crippen LogP contribution in [0.25, 0.3) is 10.9 Å². The summed E-state index contributed by atoms with van der Waals surface area (Å²) in [6, 6.07) is 6.06. The van der Waals surface area contributed by atoms with Gasteiger partial charge in [0.25, 0.3) is 5.91 Å². The van der Waals surface area contributed by atoms with Crippen LogP contribution in [0.5, 0.6) is 0 Å². The Hall–Kier alpha value is -3.72. The molecular weight excluding hydrogens is 514 g/mol. The number of nitrogens with zero attached hydrogens (tertiary/aromatic N) is 4. The van der Waals surface area contributed by atoms with E-state index in [0.29, 0.717) is 29.6 Å². The Kier molecular flexibility index (Phi) is 7.84. The highest BCUT2D eigenvalue weighted by molar-refractivity contribution is 5.98. The van der Waals surface area contributed by atoms with Gasteiger partial charge in [0.1, 0.15) is 24.1 Å². The number of carbonyl (C=O) groups excluding carboxylic acids is 1. The molecule has 0 unspecified atom stereocenters. The van der Waals surface area contributed by atoms with Crippen molar-refractivity contribution >= 4 is 28.3 Å². The first-order valence-corrected chi connectivity index (χ1v) is 12.6. The summed E-state index contributed by atoms with van der Waals surface area (Å²) in [6.45, 7) is 5.34. The number of alkyl halides is 4. The molecule has 0 aliphatic carbocycles. The summed E-state index contributed by atoms with van der Waals surface area (Å²) in [6.07, 6.45) is -3.65. The van der Waals surface area contributed by atoms with Crippen LogP contribution in [-0.4, -0.2) is 70.2 Å². The topological polar surface area (TPSA) is 93.1 Å². The highest BCUT2D eigenvalue weighted by Gasteiger charge is 2.31. The van der Waals surface area contributed by atoms with Crippen molar-refractivity contribution in [3.05, 3.63) is 41.7 Å². The SMILES string of the molecule is CN1CC[C@@H](Nc2cccc3c2cc(C#CCNC(=O)c2cnn(C(C)(C)C)c2N)n3CC(F)(F)F)[C@@H](F)C1. The molecule has 0 saturated carbocycles. The third-order valence-electron chi connectivity index (χ3n) is 6.61. The number of aromatic nitrogens is 3. The van der Waals surface area contributed by atoms with Crippen molar-refractivity contribution in [3.63, 3.8) is 0 Å². The molecule has 1 amide bonds. The zero-order valence-corrected chi connectivity index (χ0v) is 22.4. The molecule has 1 aliphatic heterocycles. The van der Waals surface area contributed by atoms with E-state index in [2.05, 4.69) is 27.6 Å². The Morgan fingerprint density at radius 3 is 2.64 bits per heavy atom. The van der Waals surface area contributed by atoms with E-state index in [0.717, 1.165) is 4.57 Å². The smallest absolute Gasteiger partial charge is 0.383 e. The standard InChI is InChI=1S/C27H33F4N7O/c1-26(2,3)38-24(32)19(14-34-38)25(39)33-11-6-7-17-13-18-21(35-22-10-12-36(4)15-20(22)28)8-5-9-23(18)37(17)16-27(29,30)31/h5,8-9,13-14,20,22,35H,10-12,15-16,32H2,1-4H3,(H,33,39)/t20-,22+/m0/s1. The van der Waals surface area contributed by atoms with E-state index in [1.54, 1.807) is 24.3 Å². The lowest BCUT2D eigenvalue weighted by Crippen LogP contribution is -2.46. The lowest BCUT2D eigenvalue weighted by molar-refractivity contribution is -0.140. The Labute approximate surface area is 224 Å². The number of nitrogens with two attached hydrogens (primary N) is 1. The van der Waals surface area contributed by atoms with Crippen LogP contribution in [0.2, 0.25) is 0 Å². The van der Waals surface area contributed by atoms with Crippen molar-refractivity contribution in [2.45, 2.75) is 57.7 Å². The molecule has 4 rings (SSSR count). The number of hydrogen-bond donors (Lipinski definition) is 3. The van der Waals surface area contributed by atoms with Gasteiger partial charge in [-0.1, -0.05) is 12.0 Å². The van der Waals surface area contributed by atoms with Crippen molar-refractivity contribution in [2.75, 3.05) is 37.7 Å². The van der Waals surface area contributed by atoms with Gasteiger partial charge in [-0.3, -0.25) is 4.79 Å². The predicted octanol–water partition coefficient (Wildman–Crippen LogP) is 3.97. The van der Waals surface area contributed by atoms with Crippen LogP contribution in [0.1, 0.15) is 43.2 Å². The first kappa shape index (κ1) is 28.3. The maximum atomic E-state index is 14.6. The number of fused-ring (bicyclic) bond motifs is 1. The summed E-state index contributed by atoms with van der Waals surface area (Å²) in [7, 11) is 1.85. The van der Waals surface area contributed by atoms with Gasteiger partial charge in [0.05, 0.1) is 35.5 Å². The maximum absolute atomic E-state index is 14.6. The van der Waals surface area contributed by atoms with E-state index in [4.69, 9.17) is 5.73 Å². The maximum Gasteiger partial charge on any atom is 0.406 e. The van der Waals surface area contributed by atoms with E-state index in [-0.39, 0.29) is 30.2 Å². The third-order valence-corrected chi connectivity index (χ3v) is 6.61. The Morgan fingerprint density at radius 2 is 2.00 bits per heavy atom. The molecule has 1 saturated heterocycles. The third kappa shape index (κ3) is 6.47. The summed E-state index contributed by atoms with van der Waals surface area (Å²) >= 11 is 0. The average Bonchev–Trinajstić information content (AvgIpc) is 3.38. The molecule has 0 bridgehead atoms. The molecule has 8 nitrogen and oxygen atoms in total. The van der Waals surface area contributed by atoms with Crippen LogP contribution in [0.4, 0.5) is 29.1 Å². The van der Waals surface area contributed by atoms with Crippen LogP contribution >= 0.6 is 0 Å². The zero-order chi connectivity index (χ0) is 28.5. The molecule has 0 radical (unpaired) electrons. The molecule has 39 heavy (non-hydrogen) atoms. The quantitative estimate of drug-likeness (QED) is 0.332. The van der Waals surface area contributed by atoms with Gasteiger partial charge in [0.15, 0.2) is 0 Å². The molecule has 4 N–H and O–H groups in total. The van der Waals surface area contributed by atoms with Gasteiger partial charge < -0.3 is 25.8 Å². The molecule has 1 aliphatic rings. The molecule has 0 spiro atoms. The van der Waals surface area contributed by atoms with E-state index >= 15 is 0 Å². The minimum absolute atomic E-state index is 0.114. The Balaban J connectivity index is 1.57. The van der Waals surface area contributed by atoms with Gasteiger partial charge in [0, 0.05) is 24.2 Å². The zero-order valence-electron chi connectivity index (χ0n) is 22.4. The number of halogens is 4. The molecule has 12 heteroatoms. The summed E-state index contributed by atoms with van der Waals surface area (Å²) in [5, 5.41) is 10.5. The van der Waals surface area contributed by atoms with Crippen LogP contribution in [-0.2, 0) is 12.1 Å². The van der Waals surface area contributed by atoms with Crippen molar-refractivity contribution < 1.29 is 22.4 Å². The number of amides is 1. The minimum Gasteiger partial charge on any atom is -0.383 e. The van der Waals surface area contributed by atoms with Crippen molar-refractivity contribution in [1.82, 2.24) is 24.6 Å². The molecule has 1 fully saturated rings. The molecule has 2 aromatic heterocycles. The first-order chi connectivity index (χ1) is 18.2. The lowest BCUT2D eigenvalue weighted by atomic mass is 10.0. The lowest BCUT2D eigenvalue weighted by Gasteiger charge is -2.33. The number of rotatable bonds is 5. The fourth-order valence-corrected chi connectivity index (χ4v) is 4.70. The van der Waals surface area contributed by atoms with Crippen LogP contribution in [0.15, 0.2) is 30.5 Å². The van der Waals surface area contributed by atoms with Gasteiger partial charge in [-0.05, 0) is 58.4 Å². The summed E-state index contributed by atoms with van der Waals surface area (Å²) in [4.78, 5) is 14.5. The highest BCUT2D eigenvalue weighted by Crippen LogP contribution is 2.31. The minimum atomic E-state index is -4.48. The van der Waals surface area contributed by atoms with Gasteiger partial charge in [-0.2, -0.15) is 18.3 Å². The molecule has 210 valence electrons. The number of hydrogen-bond acceptors (Lipinski definition) is 5. The summed E-state index contributed by atoms with van der Waals surface area (Å²) in [5.41, 5.74) is 6.85. The number of piperidine rings is 1.